The molecule has 3 atom stereocenters. The lowest BCUT2D eigenvalue weighted by Gasteiger charge is -2.35. The first-order chi connectivity index (χ1) is 9.54. The highest BCUT2D eigenvalue weighted by molar-refractivity contribution is 5.23. The Labute approximate surface area is 120 Å². The van der Waals surface area contributed by atoms with Crippen LogP contribution in [0.3, 0.4) is 0 Å². The zero-order chi connectivity index (χ0) is 14.5. The first-order valence-electron chi connectivity index (χ1n) is 7.32. The van der Waals surface area contributed by atoms with E-state index in [2.05, 4.69) is 18.7 Å². The van der Waals surface area contributed by atoms with Crippen LogP contribution in [0.5, 0.6) is 5.75 Å². The van der Waals surface area contributed by atoms with Gasteiger partial charge in [-0.05, 0) is 30.4 Å². The average Bonchev–Trinajstić information content (AvgIpc) is 2.36. The number of ether oxygens (including phenoxy) is 1. The summed E-state index contributed by atoms with van der Waals surface area (Å²) >= 11 is 0. The Morgan fingerprint density at radius 3 is 2.60 bits per heavy atom. The highest BCUT2D eigenvalue weighted by atomic mass is 19.1. The standard InChI is InChI=1S/C16H24FNO2/c1-12-7-13(2)9-18(8-12)10-14(19)11-20-16-6-4-3-5-15(16)17/h3-6,12-14,19H,7-11H2,1-2H3/t12-,13-,14+/m1/s1. The molecule has 1 aromatic carbocycles. The molecule has 1 fully saturated rings. The topological polar surface area (TPSA) is 32.7 Å². The minimum Gasteiger partial charge on any atom is -0.488 e. The van der Waals surface area contributed by atoms with Crippen molar-refractivity contribution in [1.82, 2.24) is 4.90 Å². The normalized spacial score (nSPS) is 25.4. The van der Waals surface area contributed by atoms with Crippen LogP contribution in [0.1, 0.15) is 20.3 Å². The van der Waals surface area contributed by atoms with Crippen LogP contribution in [0.25, 0.3) is 0 Å². The first-order valence-corrected chi connectivity index (χ1v) is 7.32. The van der Waals surface area contributed by atoms with Crippen LogP contribution < -0.4 is 4.74 Å². The molecule has 1 heterocycles. The van der Waals surface area contributed by atoms with Crippen LogP contribution in [0.4, 0.5) is 4.39 Å². The fourth-order valence-corrected chi connectivity index (χ4v) is 3.04. The summed E-state index contributed by atoms with van der Waals surface area (Å²) in [4.78, 5) is 2.27. The van der Waals surface area contributed by atoms with E-state index in [1.807, 2.05) is 0 Å². The Bertz CT molecular complexity index is 417. The predicted octanol–water partition coefficient (Wildman–Crippen LogP) is 2.54. The van der Waals surface area contributed by atoms with Gasteiger partial charge in [-0.15, -0.1) is 0 Å². The van der Waals surface area contributed by atoms with E-state index in [1.165, 1.54) is 12.5 Å². The average molecular weight is 281 g/mol. The van der Waals surface area contributed by atoms with Crippen LogP contribution in [-0.4, -0.2) is 42.4 Å². The number of aliphatic hydroxyl groups excluding tert-OH is 1. The summed E-state index contributed by atoms with van der Waals surface area (Å²) in [6, 6.07) is 6.27. The van der Waals surface area contributed by atoms with Crippen molar-refractivity contribution in [3.8, 4) is 5.75 Å². The van der Waals surface area contributed by atoms with E-state index >= 15 is 0 Å². The molecule has 0 aliphatic carbocycles. The molecule has 1 aromatic rings. The van der Waals surface area contributed by atoms with E-state index in [-0.39, 0.29) is 18.2 Å². The maximum atomic E-state index is 13.4. The number of hydrogen-bond donors (Lipinski definition) is 1. The number of benzene rings is 1. The van der Waals surface area contributed by atoms with Crippen molar-refractivity contribution in [3.05, 3.63) is 30.1 Å². The molecule has 20 heavy (non-hydrogen) atoms. The van der Waals surface area contributed by atoms with Gasteiger partial charge in [-0.3, -0.25) is 0 Å². The summed E-state index contributed by atoms with van der Waals surface area (Å²) in [5.41, 5.74) is 0. The second kappa shape index (κ2) is 7.04. The Hall–Kier alpha value is -1.13. The molecule has 0 saturated carbocycles. The summed E-state index contributed by atoms with van der Waals surface area (Å²) in [7, 11) is 0. The smallest absolute Gasteiger partial charge is 0.165 e. The maximum absolute atomic E-state index is 13.4. The SMILES string of the molecule is C[C@@H]1C[C@@H](C)CN(C[C@H](O)COc2ccccc2F)C1. The van der Waals surface area contributed by atoms with E-state index in [9.17, 15) is 9.50 Å². The van der Waals surface area contributed by atoms with Crippen molar-refractivity contribution in [3.63, 3.8) is 0 Å². The van der Waals surface area contributed by atoms with Crippen LogP contribution in [0, 0.1) is 17.7 Å². The fraction of sp³-hybridized carbons (Fsp3) is 0.625. The summed E-state index contributed by atoms with van der Waals surface area (Å²) in [6.45, 7) is 7.22. The minimum atomic E-state index is -0.591. The fourth-order valence-electron chi connectivity index (χ4n) is 3.04. The number of rotatable bonds is 5. The Balaban J connectivity index is 1.78. The van der Waals surface area contributed by atoms with Gasteiger partial charge in [-0.1, -0.05) is 26.0 Å². The van der Waals surface area contributed by atoms with Crippen molar-refractivity contribution in [2.24, 2.45) is 11.8 Å². The van der Waals surface area contributed by atoms with Gasteiger partial charge in [0.05, 0.1) is 0 Å². The number of likely N-dealkylation sites (tertiary alicyclic amines) is 1. The summed E-state index contributed by atoms with van der Waals surface area (Å²) in [5.74, 6) is 1.14. The molecule has 1 N–H and O–H groups in total. The van der Waals surface area contributed by atoms with E-state index in [0.717, 1.165) is 13.1 Å². The van der Waals surface area contributed by atoms with Crippen LogP contribution >= 0.6 is 0 Å². The molecule has 4 heteroatoms. The van der Waals surface area contributed by atoms with Crippen LogP contribution in [-0.2, 0) is 0 Å². The van der Waals surface area contributed by atoms with E-state index in [0.29, 0.717) is 18.4 Å². The summed E-state index contributed by atoms with van der Waals surface area (Å²) in [6.07, 6.45) is 0.658. The highest BCUT2D eigenvalue weighted by Crippen LogP contribution is 2.21. The minimum absolute atomic E-state index is 0.125. The van der Waals surface area contributed by atoms with Crippen molar-refractivity contribution in [2.45, 2.75) is 26.4 Å². The van der Waals surface area contributed by atoms with Gasteiger partial charge in [0.2, 0.25) is 0 Å². The Morgan fingerprint density at radius 2 is 1.95 bits per heavy atom. The summed E-state index contributed by atoms with van der Waals surface area (Å²) in [5, 5.41) is 10.0. The van der Waals surface area contributed by atoms with Crippen LogP contribution in [0.2, 0.25) is 0 Å². The van der Waals surface area contributed by atoms with E-state index in [4.69, 9.17) is 4.74 Å². The molecule has 1 saturated heterocycles. The lowest BCUT2D eigenvalue weighted by Crippen LogP contribution is -2.44. The monoisotopic (exact) mass is 281 g/mol. The van der Waals surface area contributed by atoms with Gasteiger partial charge in [0.25, 0.3) is 0 Å². The van der Waals surface area contributed by atoms with Gasteiger partial charge >= 0.3 is 0 Å². The molecule has 0 amide bonds. The number of aliphatic hydroxyl groups is 1. The van der Waals surface area contributed by atoms with Crippen molar-refractivity contribution in [2.75, 3.05) is 26.2 Å². The maximum Gasteiger partial charge on any atom is 0.165 e. The highest BCUT2D eigenvalue weighted by Gasteiger charge is 2.23. The molecular formula is C16H24FNO2. The number of piperidine rings is 1. The lowest BCUT2D eigenvalue weighted by atomic mass is 9.92. The molecule has 0 spiro atoms. The number of para-hydroxylation sites is 1. The van der Waals surface area contributed by atoms with E-state index < -0.39 is 6.10 Å². The van der Waals surface area contributed by atoms with Gasteiger partial charge in [0.15, 0.2) is 11.6 Å². The predicted molar refractivity (Wildman–Crippen MR) is 77.3 cm³/mol. The summed E-state index contributed by atoms with van der Waals surface area (Å²) < 4.78 is 18.7. The molecule has 0 aromatic heterocycles. The first kappa shape index (κ1) is 15.3. The second-order valence-electron chi connectivity index (χ2n) is 6.06. The zero-order valence-corrected chi connectivity index (χ0v) is 12.3. The van der Waals surface area contributed by atoms with Crippen molar-refractivity contribution >= 4 is 0 Å². The quantitative estimate of drug-likeness (QED) is 0.900. The largest absolute Gasteiger partial charge is 0.488 e. The van der Waals surface area contributed by atoms with Gasteiger partial charge in [-0.2, -0.15) is 0 Å². The number of nitrogens with zero attached hydrogens (tertiary/aromatic N) is 1. The Morgan fingerprint density at radius 1 is 1.30 bits per heavy atom. The third-order valence-electron chi connectivity index (χ3n) is 3.68. The molecule has 0 unspecified atom stereocenters. The second-order valence-corrected chi connectivity index (χ2v) is 6.06. The third kappa shape index (κ3) is 4.46. The molecule has 1 aliphatic rings. The molecule has 0 radical (unpaired) electrons. The molecule has 2 rings (SSSR count). The van der Waals surface area contributed by atoms with Crippen LogP contribution in [0.15, 0.2) is 24.3 Å². The number of halogens is 1. The van der Waals surface area contributed by atoms with Crippen molar-refractivity contribution < 1.29 is 14.2 Å². The van der Waals surface area contributed by atoms with E-state index in [1.54, 1.807) is 18.2 Å². The van der Waals surface area contributed by atoms with Gasteiger partial charge in [0.1, 0.15) is 12.7 Å². The molecule has 1 aliphatic heterocycles. The van der Waals surface area contributed by atoms with Gasteiger partial charge in [0, 0.05) is 19.6 Å². The molecule has 0 bridgehead atoms. The van der Waals surface area contributed by atoms with Gasteiger partial charge < -0.3 is 14.7 Å². The van der Waals surface area contributed by atoms with Gasteiger partial charge in [-0.25, -0.2) is 4.39 Å². The molecular weight excluding hydrogens is 257 g/mol. The Kier molecular flexibility index (Phi) is 5.38. The molecule has 112 valence electrons. The molecule has 3 nitrogen and oxygen atoms in total. The van der Waals surface area contributed by atoms with Crippen molar-refractivity contribution in [1.29, 1.82) is 0 Å². The lowest BCUT2D eigenvalue weighted by molar-refractivity contribution is 0.0420. The zero-order valence-electron chi connectivity index (χ0n) is 12.3. The number of hydrogen-bond acceptors (Lipinski definition) is 3. The third-order valence-corrected chi connectivity index (χ3v) is 3.68. The number of β-amino-alcohol motifs (C(OH)–C–C–N with tert-alkyl or cyclic N) is 1.